The molecule has 3 aromatic rings. The first-order chi connectivity index (χ1) is 11.8. The van der Waals surface area contributed by atoms with Gasteiger partial charge in [-0.3, -0.25) is 0 Å². The summed E-state index contributed by atoms with van der Waals surface area (Å²) in [5, 5.41) is 4.95. The van der Waals surface area contributed by atoms with E-state index < -0.39 is 0 Å². The van der Waals surface area contributed by atoms with Gasteiger partial charge in [-0.25, -0.2) is 0 Å². The Hall–Kier alpha value is -2.46. The lowest BCUT2D eigenvalue weighted by Crippen LogP contribution is -2.31. The van der Waals surface area contributed by atoms with Crippen LogP contribution in [0.2, 0.25) is 0 Å². The average molecular weight is 322 g/mol. The van der Waals surface area contributed by atoms with Crippen molar-refractivity contribution in [3.8, 4) is 11.5 Å². The Bertz CT molecular complexity index is 869. The maximum absolute atomic E-state index is 5.50. The molecule has 2 heterocycles. The second kappa shape index (κ2) is 6.21. The number of hydrogen-bond donors (Lipinski definition) is 2. The van der Waals surface area contributed by atoms with Crippen molar-refractivity contribution in [3.05, 3.63) is 59.3 Å². The molecule has 24 heavy (non-hydrogen) atoms. The summed E-state index contributed by atoms with van der Waals surface area (Å²) < 4.78 is 10.9. The van der Waals surface area contributed by atoms with Crippen molar-refractivity contribution in [2.75, 3.05) is 20.8 Å². The summed E-state index contributed by atoms with van der Waals surface area (Å²) in [6, 6.07) is 13.0. The van der Waals surface area contributed by atoms with Crippen LogP contribution in [-0.2, 0) is 12.8 Å². The average Bonchev–Trinajstić information content (AvgIpc) is 3.04. The van der Waals surface area contributed by atoms with Crippen LogP contribution in [0.25, 0.3) is 10.9 Å². The molecule has 4 rings (SSSR count). The summed E-state index contributed by atoms with van der Waals surface area (Å²) in [5.74, 6) is 1.60. The van der Waals surface area contributed by atoms with Crippen molar-refractivity contribution in [1.29, 1.82) is 0 Å². The summed E-state index contributed by atoms with van der Waals surface area (Å²) in [4.78, 5) is 3.37. The normalized spacial score (nSPS) is 16.8. The lowest BCUT2D eigenvalue weighted by molar-refractivity contribution is 0.352. The van der Waals surface area contributed by atoms with Crippen LogP contribution in [0.4, 0.5) is 0 Å². The number of ether oxygens (including phenoxy) is 2. The molecular weight excluding hydrogens is 300 g/mol. The van der Waals surface area contributed by atoms with Crippen LogP contribution in [-0.4, -0.2) is 25.7 Å². The summed E-state index contributed by atoms with van der Waals surface area (Å²) >= 11 is 0. The Balaban J connectivity index is 1.71. The lowest BCUT2D eigenvalue weighted by atomic mass is 9.89. The van der Waals surface area contributed by atoms with E-state index in [-0.39, 0.29) is 6.04 Å². The zero-order valence-corrected chi connectivity index (χ0v) is 14.1. The number of H-pyrrole nitrogens is 1. The summed E-state index contributed by atoms with van der Waals surface area (Å²) in [7, 11) is 3.38. The highest BCUT2D eigenvalue weighted by Crippen LogP contribution is 2.36. The Labute approximate surface area is 141 Å². The molecule has 1 unspecified atom stereocenters. The highest BCUT2D eigenvalue weighted by Gasteiger charge is 2.23. The molecule has 0 bridgehead atoms. The van der Waals surface area contributed by atoms with E-state index in [2.05, 4.69) is 52.9 Å². The van der Waals surface area contributed by atoms with Crippen molar-refractivity contribution in [3.63, 3.8) is 0 Å². The number of rotatable bonds is 4. The van der Waals surface area contributed by atoms with E-state index in [9.17, 15) is 0 Å². The highest BCUT2D eigenvalue weighted by molar-refractivity contribution is 5.83. The van der Waals surface area contributed by atoms with Crippen molar-refractivity contribution < 1.29 is 9.47 Å². The van der Waals surface area contributed by atoms with Crippen LogP contribution < -0.4 is 14.8 Å². The molecule has 1 aliphatic heterocycles. The fourth-order valence-electron chi connectivity index (χ4n) is 3.67. The quantitative estimate of drug-likeness (QED) is 0.771. The molecule has 1 aromatic heterocycles. The molecule has 1 atom stereocenters. The first kappa shape index (κ1) is 15.1. The minimum atomic E-state index is 0.285. The minimum absolute atomic E-state index is 0.285. The van der Waals surface area contributed by atoms with Gasteiger partial charge in [-0.1, -0.05) is 18.2 Å². The van der Waals surface area contributed by atoms with Gasteiger partial charge in [0.1, 0.15) is 0 Å². The smallest absolute Gasteiger partial charge is 0.161 e. The molecule has 0 radical (unpaired) electrons. The molecule has 2 aromatic carbocycles. The number of fused-ring (bicyclic) bond motifs is 2. The summed E-state index contributed by atoms with van der Waals surface area (Å²) in [5.41, 5.74) is 5.18. The Morgan fingerprint density at radius 3 is 2.71 bits per heavy atom. The lowest BCUT2D eigenvalue weighted by Gasteiger charge is -2.28. The molecule has 124 valence electrons. The van der Waals surface area contributed by atoms with E-state index in [1.165, 1.54) is 27.6 Å². The second-order valence-electron chi connectivity index (χ2n) is 6.23. The number of nitrogens with one attached hydrogen (secondary N) is 2. The van der Waals surface area contributed by atoms with Crippen LogP contribution in [0.15, 0.2) is 42.6 Å². The van der Waals surface area contributed by atoms with Gasteiger partial charge >= 0.3 is 0 Å². The zero-order valence-electron chi connectivity index (χ0n) is 14.1. The molecule has 1 aliphatic rings. The van der Waals surface area contributed by atoms with Crippen molar-refractivity contribution in [2.24, 2.45) is 0 Å². The van der Waals surface area contributed by atoms with Gasteiger partial charge in [-0.15, -0.1) is 0 Å². The third-order valence-electron chi connectivity index (χ3n) is 4.90. The summed E-state index contributed by atoms with van der Waals surface area (Å²) in [6.45, 7) is 0.982. The van der Waals surface area contributed by atoms with Crippen LogP contribution in [0.5, 0.6) is 11.5 Å². The van der Waals surface area contributed by atoms with Crippen LogP contribution in [0.1, 0.15) is 22.7 Å². The van der Waals surface area contributed by atoms with Gasteiger partial charge in [0.2, 0.25) is 0 Å². The molecule has 4 nitrogen and oxygen atoms in total. The van der Waals surface area contributed by atoms with Gasteiger partial charge in [0, 0.05) is 23.1 Å². The largest absolute Gasteiger partial charge is 0.493 e. The van der Waals surface area contributed by atoms with Crippen LogP contribution in [0, 0.1) is 0 Å². The SMILES string of the molecule is COc1cc2c(cc1OC)C(Cc1c[nH]c3ccccc13)NCC2. The number of hydrogen-bond acceptors (Lipinski definition) is 3. The van der Waals surface area contributed by atoms with Gasteiger partial charge in [-0.05, 0) is 54.3 Å². The van der Waals surface area contributed by atoms with E-state index in [4.69, 9.17) is 9.47 Å². The minimum Gasteiger partial charge on any atom is -0.493 e. The Morgan fingerprint density at radius 1 is 1.08 bits per heavy atom. The number of para-hydroxylation sites is 1. The maximum atomic E-state index is 5.50. The van der Waals surface area contributed by atoms with Gasteiger partial charge < -0.3 is 19.8 Å². The molecule has 0 saturated carbocycles. The maximum Gasteiger partial charge on any atom is 0.161 e. The standard InChI is InChI=1S/C20H22N2O2/c1-23-19-10-13-7-8-21-18(16(13)11-20(19)24-2)9-14-12-22-17-6-4-3-5-15(14)17/h3-6,10-12,18,21-22H,7-9H2,1-2H3. The summed E-state index contributed by atoms with van der Waals surface area (Å²) in [6.07, 6.45) is 4.09. The van der Waals surface area contributed by atoms with Gasteiger partial charge in [0.05, 0.1) is 14.2 Å². The molecule has 0 amide bonds. The monoisotopic (exact) mass is 322 g/mol. The zero-order chi connectivity index (χ0) is 16.5. The third kappa shape index (κ3) is 2.53. The van der Waals surface area contributed by atoms with Crippen LogP contribution >= 0.6 is 0 Å². The predicted octanol–water partition coefficient (Wildman–Crippen LogP) is 3.61. The number of aromatic amines is 1. The number of benzene rings is 2. The second-order valence-corrected chi connectivity index (χ2v) is 6.23. The topological polar surface area (TPSA) is 46.3 Å². The Morgan fingerprint density at radius 2 is 1.88 bits per heavy atom. The molecule has 0 spiro atoms. The number of aromatic nitrogens is 1. The fourth-order valence-corrected chi connectivity index (χ4v) is 3.67. The van der Waals surface area contributed by atoms with E-state index in [0.29, 0.717) is 0 Å². The fraction of sp³-hybridized carbons (Fsp3) is 0.300. The van der Waals surface area contributed by atoms with Crippen molar-refractivity contribution in [2.45, 2.75) is 18.9 Å². The molecular formula is C20H22N2O2. The van der Waals surface area contributed by atoms with Gasteiger partial charge in [0.25, 0.3) is 0 Å². The first-order valence-electron chi connectivity index (χ1n) is 8.33. The molecule has 0 aliphatic carbocycles. The van der Waals surface area contributed by atoms with Gasteiger partial charge in [0.15, 0.2) is 11.5 Å². The first-order valence-corrected chi connectivity index (χ1v) is 8.33. The Kier molecular flexibility index (Phi) is 3.90. The third-order valence-corrected chi connectivity index (χ3v) is 4.90. The van der Waals surface area contributed by atoms with E-state index >= 15 is 0 Å². The van der Waals surface area contributed by atoms with E-state index in [0.717, 1.165) is 30.9 Å². The predicted molar refractivity (Wildman–Crippen MR) is 96.0 cm³/mol. The van der Waals surface area contributed by atoms with Crippen molar-refractivity contribution >= 4 is 10.9 Å². The number of methoxy groups -OCH3 is 2. The van der Waals surface area contributed by atoms with E-state index in [1.807, 2.05) is 0 Å². The van der Waals surface area contributed by atoms with Gasteiger partial charge in [-0.2, -0.15) is 0 Å². The van der Waals surface area contributed by atoms with Crippen molar-refractivity contribution in [1.82, 2.24) is 10.3 Å². The molecule has 2 N–H and O–H groups in total. The highest BCUT2D eigenvalue weighted by atomic mass is 16.5. The van der Waals surface area contributed by atoms with Crippen LogP contribution in [0.3, 0.4) is 0 Å². The van der Waals surface area contributed by atoms with E-state index in [1.54, 1.807) is 14.2 Å². The molecule has 4 heteroatoms. The molecule has 0 fully saturated rings. The molecule has 0 saturated heterocycles.